The monoisotopic (exact) mass is 470 g/mol. The minimum Gasteiger partial charge on any atom is -0.493 e. The summed E-state index contributed by atoms with van der Waals surface area (Å²) in [5.74, 6) is 0.236. The summed E-state index contributed by atoms with van der Waals surface area (Å²) in [5.41, 5.74) is 2.04. The summed E-state index contributed by atoms with van der Waals surface area (Å²) in [4.78, 5) is 24.1. The van der Waals surface area contributed by atoms with Crippen LogP contribution in [0.2, 0.25) is 0 Å². The summed E-state index contributed by atoms with van der Waals surface area (Å²) in [6.07, 6.45) is -0.810. The number of carbonyl (C=O) groups excluding carboxylic acids is 2. The van der Waals surface area contributed by atoms with Crippen LogP contribution in [0.1, 0.15) is 39.3 Å². The second kappa shape index (κ2) is 9.38. The first-order valence-corrected chi connectivity index (χ1v) is 9.89. The zero-order valence-electron chi connectivity index (χ0n) is 16.3. The van der Waals surface area contributed by atoms with Gasteiger partial charge in [0.25, 0.3) is 0 Å². The molecule has 1 aromatic rings. The second-order valence-corrected chi connectivity index (χ2v) is 7.44. The van der Waals surface area contributed by atoms with Crippen molar-refractivity contribution in [1.29, 1.82) is 0 Å². The van der Waals surface area contributed by atoms with Crippen molar-refractivity contribution >= 4 is 45.0 Å². The number of hydrogen-bond donors (Lipinski definition) is 2. The quantitative estimate of drug-likeness (QED) is 0.464. The molecule has 2 atom stereocenters. The summed E-state index contributed by atoms with van der Waals surface area (Å²) in [5, 5.41) is 6.52. The molecule has 1 heterocycles. The van der Waals surface area contributed by atoms with Gasteiger partial charge in [0, 0.05) is 11.3 Å². The standard InChI is InChI=1S/C19H23BrN2O5S/c1-6-26-18(24)11(4)27-17-13(20)7-12(8-14(17)25-5)16-15(10(3)23)9(2)21-19(28)22-16/h7-8,11,16H,6H2,1-5H3,(H2,21,22,28). The first-order valence-electron chi connectivity index (χ1n) is 8.69. The van der Waals surface area contributed by atoms with Crippen LogP contribution >= 0.6 is 28.1 Å². The van der Waals surface area contributed by atoms with Gasteiger partial charge in [0.05, 0.1) is 24.2 Å². The van der Waals surface area contributed by atoms with Crippen LogP contribution in [0.25, 0.3) is 0 Å². The topological polar surface area (TPSA) is 85.9 Å². The number of rotatable bonds is 7. The van der Waals surface area contributed by atoms with Gasteiger partial charge in [-0.2, -0.15) is 0 Å². The van der Waals surface area contributed by atoms with Crippen LogP contribution in [0, 0.1) is 0 Å². The van der Waals surface area contributed by atoms with E-state index in [-0.39, 0.29) is 12.4 Å². The lowest BCUT2D eigenvalue weighted by Crippen LogP contribution is -2.44. The second-order valence-electron chi connectivity index (χ2n) is 6.17. The van der Waals surface area contributed by atoms with E-state index in [0.29, 0.717) is 32.4 Å². The molecule has 0 radical (unpaired) electrons. The number of hydrogen-bond acceptors (Lipinski definition) is 6. The van der Waals surface area contributed by atoms with Crippen LogP contribution < -0.4 is 20.1 Å². The Labute approximate surface area is 177 Å². The molecule has 152 valence electrons. The Kier molecular flexibility index (Phi) is 7.42. The van der Waals surface area contributed by atoms with Crippen molar-refractivity contribution in [3.8, 4) is 11.5 Å². The largest absolute Gasteiger partial charge is 0.493 e. The van der Waals surface area contributed by atoms with Gasteiger partial charge in [-0.25, -0.2) is 4.79 Å². The van der Waals surface area contributed by atoms with Crippen molar-refractivity contribution in [3.63, 3.8) is 0 Å². The van der Waals surface area contributed by atoms with E-state index in [2.05, 4.69) is 26.6 Å². The van der Waals surface area contributed by atoms with Crippen molar-refractivity contribution in [3.05, 3.63) is 33.4 Å². The van der Waals surface area contributed by atoms with E-state index >= 15 is 0 Å². The van der Waals surface area contributed by atoms with E-state index in [0.717, 1.165) is 5.56 Å². The molecule has 28 heavy (non-hydrogen) atoms. The van der Waals surface area contributed by atoms with E-state index in [1.54, 1.807) is 26.0 Å². The number of Topliss-reactive ketones (excluding diaryl/α,β-unsaturated/α-hetero) is 1. The highest BCUT2D eigenvalue weighted by Crippen LogP contribution is 2.40. The van der Waals surface area contributed by atoms with E-state index < -0.39 is 18.1 Å². The average molecular weight is 471 g/mol. The molecule has 1 aliphatic heterocycles. The average Bonchev–Trinajstić information content (AvgIpc) is 2.62. The van der Waals surface area contributed by atoms with Crippen molar-refractivity contribution in [2.45, 2.75) is 39.8 Å². The van der Waals surface area contributed by atoms with Crippen molar-refractivity contribution in [1.82, 2.24) is 10.6 Å². The molecule has 2 unspecified atom stereocenters. The zero-order valence-corrected chi connectivity index (χ0v) is 18.7. The lowest BCUT2D eigenvalue weighted by atomic mass is 9.93. The normalized spacial score (nSPS) is 17.4. The van der Waals surface area contributed by atoms with Gasteiger partial charge in [0.1, 0.15) is 0 Å². The van der Waals surface area contributed by atoms with Gasteiger partial charge in [-0.3, -0.25) is 4.79 Å². The predicted octanol–water partition coefficient (Wildman–Crippen LogP) is 3.17. The smallest absolute Gasteiger partial charge is 0.347 e. The lowest BCUT2D eigenvalue weighted by molar-refractivity contribution is -0.150. The van der Waals surface area contributed by atoms with Crippen LogP contribution in [0.15, 0.2) is 27.9 Å². The van der Waals surface area contributed by atoms with Gasteiger partial charge in [0.2, 0.25) is 0 Å². The fourth-order valence-corrected chi connectivity index (χ4v) is 3.74. The summed E-state index contributed by atoms with van der Waals surface area (Å²) in [7, 11) is 1.50. The Bertz CT molecular complexity index is 840. The van der Waals surface area contributed by atoms with Gasteiger partial charge in [-0.15, -0.1) is 0 Å². The number of carbonyl (C=O) groups is 2. The van der Waals surface area contributed by atoms with Gasteiger partial charge in [-0.05, 0) is 73.5 Å². The molecule has 0 aliphatic carbocycles. The van der Waals surface area contributed by atoms with Crippen molar-refractivity contribution in [2.75, 3.05) is 13.7 Å². The van der Waals surface area contributed by atoms with E-state index in [1.807, 2.05) is 6.92 Å². The fraction of sp³-hybridized carbons (Fsp3) is 0.421. The first-order chi connectivity index (χ1) is 13.2. The SMILES string of the molecule is CCOC(=O)C(C)Oc1c(Br)cc(C2NC(=S)NC(C)=C2C(C)=O)cc1OC. The molecular weight excluding hydrogens is 448 g/mol. The molecule has 0 fully saturated rings. The summed E-state index contributed by atoms with van der Waals surface area (Å²) in [6.45, 7) is 6.92. The molecule has 0 bridgehead atoms. The minimum absolute atomic E-state index is 0.0728. The number of ketones is 1. The number of ether oxygens (including phenoxy) is 3. The van der Waals surface area contributed by atoms with Crippen molar-refractivity contribution < 1.29 is 23.8 Å². The number of nitrogens with one attached hydrogen (secondary N) is 2. The minimum atomic E-state index is -0.810. The molecule has 1 aromatic carbocycles. The van der Waals surface area contributed by atoms with Crippen LogP contribution in [0.5, 0.6) is 11.5 Å². The molecule has 9 heteroatoms. The van der Waals surface area contributed by atoms with Gasteiger partial charge >= 0.3 is 5.97 Å². The number of allylic oxidation sites excluding steroid dienone is 1. The van der Waals surface area contributed by atoms with E-state index in [4.69, 9.17) is 26.4 Å². The molecule has 2 rings (SSSR count). The number of methoxy groups -OCH3 is 1. The fourth-order valence-electron chi connectivity index (χ4n) is 2.92. The van der Waals surface area contributed by atoms with E-state index in [1.165, 1.54) is 14.0 Å². The molecule has 0 spiro atoms. The number of benzene rings is 1. The summed E-state index contributed by atoms with van der Waals surface area (Å²) in [6, 6.07) is 3.12. The number of thiocarbonyl (C=S) groups is 1. The molecule has 1 aliphatic rings. The third-order valence-electron chi connectivity index (χ3n) is 4.15. The molecular formula is C19H23BrN2O5S. The Morgan fingerprint density at radius 3 is 2.61 bits per heavy atom. The maximum Gasteiger partial charge on any atom is 0.347 e. The number of halogens is 1. The third-order valence-corrected chi connectivity index (χ3v) is 4.96. The maximum atomic E-state index is 12.2. The third kappa shape index (κ3) is 4.82. The van der Waals surface area contributed by atoms with Crippen LogP contribution in [0.4, 0.5) is 0 Å². The molecule has 0 amide bonds. The first kappa shape index (κ1) is 22.2. The zero-order chi connectivity index (χ0) is 21.0. The highest BCUT2D eigenvalue weighted by Gasteiger charge is 2.30. The lowest BCUT2D eigenvalue weighted by Gasteiger charge is -2.30. The Hall–Kier alpha value is -2.13. The Balaban J connectivity index is 2.44. The maximum absolute atomic E-state index is 12.2. The van der Waals surface area contributed by atoms with Gasteiger partial charge in [-0.1, -0.05) is 0 Å². The van der Waals surface area contributed by atoms with Crippen molar-refractivity contribution in [2.24, 2.45) is 0 Å². The molecule has 0 saturated carbocycles. The van der Waals surface area contributed by atoms with Crippen LogP contribution in [0.3, 0.4) is 0 Å². The van der Waals surface area contributed by atoms with Gasteiger partial charge in [0.15, 0.2) is 28.5 Å². The Morgan fingerprint density at radius 2 is 2.04 bits per heavy atom. The highest BCUT2D eigenvalue weighted by atomic mass is 79.9. The van der Waals surface area contributed by atoms with Crippen LogP contribution in [-0.2, 0) is 14.3 Å². The van der Waals surface area contributed by atoms with Gasteiger partial charge < -0.3 is 24.8 Å². The number of esters is 1. The molecule has 0 aromatic heterocycles. The molecule has 0 saturated heterocycles. The Morgan fingerprint density at radius 1 is 1.36 bits per heavy atom. The predicted molar refractivity (Wildman–Crippen MR) is 112 cm³/mol. The summed E-state index contributed by atoms with van der Waals surface area (Å²) >= 11 is 8.72. The van der Waals surface area contributed by atoms with Crippen LogP contribution in [-0.4, -0.2) is 36.7 Å². The molecule has 7 nitrogen and oxygen atoms in total. The summed E-state index contributed by atoms with van der Waals surface area (Å²) < 4.78 is 16.8. The molecule has 2 N–H and O–H groups in total. The van der Waals surface area contributed by atoms with E-state index in [9.17, 15) is 9.59 Å². The highest BCUT2D eigenvalue weighted by molar-refractivity contribution is 9.10.